The first-order valence-corrected chi connectivity index (χ1v) is 8.87. The number of nitrogens with one attached hydrogen (secondary N) is 2. The summed E-state index contributed by atoms with van der Waals surface area (Å²) >= 11 is 0. The average Bonchev–Trinajstić information content (AvgIpc) is 2.75. The maximum atomic E-state index is 12.6. The van der Waals surface area contributed by atoms with Crippen molar-refractivity contribution in [3.8, 4) is 5.75 Å². The van der Waals surface area contributed by atoms with Gasteiger partial charge in [-0.3, -0.25) is 9.59 Å². The van der Waals surface area contributed by atoms with E-state index in [0.29, 0.717) is 22.3 Å². The number of benzene rings is 2. The van der Waals surface area contributed by atoms with Crippen LogP contribution in [0.1, 0.15) is 26.4 Å². The number of hydrogen-bond donors (Lipinski definition) is 2. The maximum absolute atomic E-state index is 12.6. The number of amides is 2. The monoisotopic (exact) mass is 391 g/mol. The van der Waals surface area contributed by atoms with Crippen LogP contribution in [-0.2, 0) is 16.1 Å². The third-order valence-corrected chi connectivity index (χ3v) is 4.48. The number of ether oxygens (including phenoxy) is 2. The predicted octanol–water partition coefficient (Wildman–Crippen LogP) is 2.28. The lowest BCUT2D eigenvalue weighted by atomic mass is 10.1. The normalized spacial score (nSPS) is 12.5. The van der Waals surface area contributed by atoms with Gasteiger partial charge in [-0.1, -0.05) is 24.3 Å². The van der Waals surface area contributed by atoms with Gasteiger partial charge in [-0.25, -0.2) is 9.78 Å². The number of hydrogen-bond acceptors (Lipinski definition) is 6. The minimum absolute atomic E-state index is 0.0146. The third kappa shape index (κ3) is 3.73. The fraction of sp³-hybridized carbons (Fsp3) is 0.143. The maximum Gasteiger partial charge on any atom is 0.338 e. The minimum Gasteiger partial charge on any atom is -0.482 e. The molecule has 3 aromatic rings. The summed E-state index contributed by atoms with van der Waals surface area (Å²) in [6, 6.07) is 13.7. The fourth-order valence-corrected chi connectivity index (χ4v) is 3.08. The molecule has 146 valence electrons. The van der Waals surface area contributed by atoms with Crippen molar-refractivity contribution in [2.45, 2.75) is 6.54 Å². The van der Waals surface area contributed by atoms with Crippen LogP contribution in [0.3, 0.4) is 0 Å². The molecule has 0 saturated carbocycles. The second kappa shape index (κ2) is 7.59. The molecule has 1 aliphatic heterocycles. The molecule has 0 spiro atoms. The summed E-state index contributed by atoms with van der Waals surface area (Å²) in [4.78, 5) is 40.6. The molecule has 4 rings (SSSR count). The van der Waals surface area contributed by atoms with E-state index in [-0.39, 0.29) is 30.3 Å². The Labute approximate surface area is 165 Å². The molecule has 8 nitrogen and oxygen atoms in total. The topological polar surface area (TPSA) is 107 Å². The highest BCUT2D eigenvalue weighted by molar-refractivity contribution is 6.06. The second-order valence-corrected chi connectivity index (χ2v) is 6.41. The van der Waals surface area contributed by atoms with Crippen molar-refractivity contribution in [1.82, 2.24) is 10.3 Å². The molecule has 0 saturated heterocycles. The Bertz CT molecular complexity index is 1140. The Morgan fingerprint density at radius 1 is 1.21 bits per heavy atom. The van der Waals surface area contributed by atoms with Crippen molar-refractivity contribution >= 4 is 34.4 Å². The number of esters is 1. The van der Waals surface area contributed by atoms with E-state index in [0.717, 1.165) is 5.56 Å². The third-order valence-electron chi connectivity index (χ3n) is 4.48. The largest absolute Gasteiger partial charge is 0.482 e. The van der Waals surface area contributed by atoms with Gasteiger partial charge in [-0.05, 0) is 29.8 Å². The van der Waals surface area contributed by atoms with Crippen LogP contribution in [0.5, 0.6) is 5.75 Å². The summed E-state index contributed by atoms with van der Waals surface area (Å²) in [6.45, 7) is 0.198. The molecule has 0 atom stereocenters. The first-order valence-electron chi connectivity index (χ1n) is 8.87. The van der Waals surface area contributed by atoms with Crippen LogP contribution in [0.25, 0.3) is 10.9 Å². The fourth-order valence-electron chi connectivity index (χ4n) is 3.08. The molecule has 0 bridgehead atoms. The molecular formula is C21H17N3O5. The first-order chi connectivity index (χ1) is 14.0. The highest BCUT2D eigenvalue weighted by Crippen LogP contribution is 2.28. The van der Waals surface area contributed by atoms with Crippen LogP contribution < -0.4 is 15.4 Å². The average molecular weight is 391 g/mol. The van der Waals surface area contributed by atoms with Crippen molar-refractivity contribution in [2.24, 2.45) is 0 Å². The standard InChI is InChI=1S/C21H17N3O5/c1-28-21(27)14-9-17(23-15-5-3-2-4-13(14)15)20(26)22-10-12-6-7-18-16(8-12)24-19(25)11-29-18/h2-9H,10-11H2,1H3,(H,22,26)(H,24,25). The number of methoxy groups -OCH3 is 1. The number of fused-ring (bicyclic) bond motifs is 2. The highest BCUT2D eigenvalue weighted by atomic mass is 16.5. The molecule has 2 N–H and O–H groups in total. The molecule has 2 amide bonds. The lowest BCUT2D eigenvalue weighted by Gasteiger charge is -2.18. The first kappa shape index (κ1) is 18.4. The van der Waals surface area contributed by atoms with E-state index in [1.54, 1.807) is 42.5 Å². The van der Waals surface area contributed by atoms with Gasteiger partial charge in [0, 0.05) is 11.9 Å². The van der Waals surface area contributed by atoms with Crippen LogP contribution in [0.15, 0.2) is 48.5 Å². The summed E-state index contributed by atoms with van der Waals surface area (Å²) in [5.74, 6) is -0.616. The summed E-state index contributed by atoms with van der Waals surface area (Å²) in [6.07, 6.45) is 0. The smallest absolute Gasteiger partial charge is 0.338 e. The van der Waals surface area contributed by atoms with Crippen molar-refractivity contribution < 1.29 is 23.9 Å². The molecule has 2 aromatic carbocycles. The molecule has 1 aliphatic rings. The van der Waals surface area contributed by atoms with E-state index >= 15 is 0 Å². The Balaban J connectivity index is 1.56. The number of carbonyl (C=O) groups excluding carboxylic acids is 3. The van der Waals surface area contributed by atoms with Crippen LogP contribution >= 0.6 is 0 Å². The molecule has 0 unspecified atom stereocenters. The van der Waals surface area contributed by atoms with Gasteiger partial charge in [0.05, 0.1) is 23.9 Å². The van der Waals surface area contributed by atoms with Gasteiger partial charge in [0.15, 0.2) is 6.61 Å². The van der Waals surface area contributed by atoms with Gasteiger partial charge in [-0.15, -0.1) is 0 Å². The minimum atomic E-state index is -0.539. The van der Waals surface area contributed by atoms with Crippen molar-refractivity contribution in [3.63, 3.8) is 0 Å². The highest BCUT2D eigenvalue weighted by Gasteiger charge is 2.18. The SMILES string of the molecule is COC(=O)c1cc(C(=O)NCc2ccc3c(c2)NC(=O)CO3)nc2ccccc12. The molecule has 2 heterocycles. The summed E-state index contributed by atoms with van der Waals surface area (Å²) < 4.78 is 10.1. The summed E-state index contributed by atoms with van der Waals surface area (Å²) in [7, 11) is 1.29. The van der Waals surface area contributed by atoms with Crippen LogP contribution in [-0.4, -0.2) is 36.5 Å². The lowest BCUT2D eigenvalue weighted by molar-refractivity contribution is -0.118. The molecule has 8 heteroatoms. The second-order valence-electron chi connectivity index (χ2n) is 6.41. The van der Waals surface area contributed by atoms with E-state index in [1.807, 2.05) is 0 Å². The van der Waals surface area contributed by atoms with Crippen molar-refractivity contribution in [2.75, 3.05) is 19.0 Å². The van der Waals surface area contributed by atoms with Crippen molar-refractivity contribution in [1.29, 1.82) is 0 Å². The van der Waals surface area contributed by atoms with Gasteiger partial charge in [0.2, 0.25) is 0 Å². The van der Waals surface area contributed by atoms with Crippen LogP contribution in [0, 0.1) is 0 Å². The van der Waals surface area contributed by atoms with Crippen LogP contribution in [0.4, 0.5) is 5.69 Å². The Morgan fingerprint density at radius 2 is 2.03 bits per heavy atom. The molecule has 1 aromatic heterocycles. The molecule has 0 fully saturated rings. The van der Waals surface area contributed by atoms with E-state index < -0.39 is 11.9 Å². The zero-order valence-electron chi connectivity index (χ0n) is 15.5. The molecule has 0 aliphatic carbocycles. The van der Waals surface area contributed by atoms with Gasteiger partial charge in [0.1, 0.15) is 11.4 Å². The number of para-hydroxylation sites is 1. The zero-order valence-corrected chi connectivity index (χ0v) is 15.5. The summed E-state index contributed by atoms with van der Waals surface area (Å²) in [5.41, 5.74) is 2.24. The van der Waals surface area contributed by atoms with E-state index in [4.69, 9.17) is 9.47 Å². The molecule has 29 heavy (non-hydrogen) atoms. The number of pyridine rings is 1. The van der Waals surface area contributed by atoms with Gasteiger partial charge in [-0.2, -0.15) is 0 Å². The molecular weight excluding hydrogens is 374 g/mol. The number of nitrogens with zero attached hydrogens (tertiary/aromatic N) is 1. The van der Waals surface area contributed by atoms with E-state index in [2.05, 4.69) is 15.6 Å². The number of rotatable bonds is 4. The van der Waals surface area contributed by atoms with Gasteiger partial charge >= 0.3 is 5.97 Å². The number of carbonyl (C=O) groups is 3. The Morgan fingerprint density at radius 3 is 2.86 bits per heavy atom. The zero-order chi connectivity index (χ0) is 20.4. The number of anilines is 1. The van der Waals surface area contributed by atoms with Crippen LogP contribution in [0.2, 0.25) is 0 Å². The Kier molecular flexibility index (Phi) is 4.82. The van der Waals surface area contributed by atoms with Crippen molar-refractivity contribution in [3.05, 3.63) is 65.4 Å². The summed E-state index contributed by atoms with van der Waals surface area (Å²) in [5, 5.41) is 6.11. The lowest BCUT2D eigenvalue weighted by Crippen LogP contribution is -2.26. The van der Waals surface area contributed by atoms with Gasteiger partial charge in [0.25, 0.3) is 11.8 Å². The van der Waals surface area contributed by atoms with E-state index in [1.165, 1.54) is 13.2 Å². The predicted molar refractivity (Wildman–Crippen MR) is 105 cm³/mol. The molecule has 0 radical (unpaired) electrons. The van der Waals surface area contributed by atoms with E-state index in [9.17, 15) is 14.4 Å². The quantitative estimate of drug-likeness (QED) is 0.661. The number of aromatic nitrogens is 1. The van der Waals surface area contributed by atoms with Gasteiger partial charge < -0.3 is 20.1 Å². The Hall–Kier alpha value is -3.94.